The Morgan fingerprint density at radius 2 is 1.91 bits per heavy atom. The highest BCUT2D eigenvalue weighted by Gasteiger charge is 2.06. The van der Waals surface area contributed by atoms with Crippen LogP contribution in [0.15, 0.2) is 48.5 Å². The van der Waals surface area contributed by atoms with Crippen LogP contribution in [0, 0.1) is 5.82 Å². The molecule has 0 atom stereocenters. The molecule has 0 fully saturated rings. The summed E-state index contributed by atoms with van der Waals surface area (Å²) in [5.41, 5.74) is 1.27. The van der Waals surface area contributed by atoms with Gasteiger partial charge >= 0.3 is 0 Å². The molecule has 0 aliphatic heterocycles. The van der Waals surface area contributed by atoms with Crippen LogP contribution in [0.25, 0.3) is 0 Å². The van der Waals surface area contributed by atoms with Crippen LogP contribution >= 0.6 is 0 Å². The van der Waals surface area contributed by atoms with Gasteiger partial charge in [-0.1, -0.05) is 18.2 Å². The molecule has 2 rings (SSSR count). The minimum Gasteiger partial charge on any atom is -0.492 e. The standard InChI is InChI=1S/C18H21FN2O2/c1-21(2)10-11-23-17-8-6-14(7-9-17)13-20-18(22)15-4-3-5-16(19)12-15/h3-9,12H,10-11,13H2,1-2H3,(H,20,22). The summed E-state index contributed by atoms with van der Waals surface area (Å²) in [4.78, 5) is 14.0. The van der Waals surface area contributed by atoms with Crippen molar-refractivity contribution in [2.45, 2.75) is 6.54 Å². The monoisotopic (exact) mass is 316 g/mol. The fourth-order valence-electron chi connectivity index (χ4n) is 1.96. The van der Waals surface area contributed by atoms with E-state index < -0.39 is 5.82 Å². The molecule has 0 bridgehead atoms. The molecular weight excluding hydrogens is 295 g/mol. The summed E-state index contributed by atoms with van der Waals surface area (Å²) >= 11 is 0. The maximum atomic E-state index is 13.1. The van der Waals surface area contributed by atoms with Crippen molar-refractivity contribution in [1.29, 1.82) is 0 Å². The molecule has 4 nitrogen and oxygen atoms in total. The third kappa shape index (κ3) is 5.71. The normalized spacial score (nSPS) is 10.6. The second-order valence-electron chi connectivity index (χ2n) is 5.49. The van der Waals surface area contributed by atoms with Crippen molar-refractivity contribution < 1.29 is 13.9 Å². The fraction of sp³-hybridized carbons (Fsp3) is 0.278. The van der Waals surface area contributed by atoms with Crippen LogP contribution in [0.5, 0.6) is 5.75 Å². The summed E-state index contributed by atoms with van der Waals surface area (Å²) in [7, 11) is 3.99. The summed E-state index contributed by atoms with van der Waals surface area (Å²) in [6.45, 7) is 1.86. The molecule has 0 unspecified atom stereocenters. The smallest absolute Gasteiger partial charge is 0.251 e. The number of amides is 1. The van der Waals surface area contributed by atoms with Crippen molar-refractivity contribution in [2.24, 2.45) is 0 Å². The highest BCUT2D eigenvalue weighted by Crippen LogP contribution is 2.12. The molecule has 0 saturated heterocycles. The van der Waals surface area contributed by atoms with Gasteiger partial charge < -0.3 is 15.0 Å². The number of likely N-dealkylation sites (N-methyl/N-ethyl adjacent to an activating group) is 1. The predicted octanol–water partition coefficient (Wildman–Crippen LogP) is 2.70. The predicted molar refractivity (Wildman–Crippen MR) is 88.1 cm³/mol. The second kappa shape index (κ2) is 8.29. The first-order chi connectivity index (χ1) is 11.0. The van der Waals surface area contributed by atoms with Gasteiger partial charge in [-0.05, 0) is 50.0 Å². The minimum absolute atomic E-state index is 0.296. The molecule has 0 spiro atoms. The van der Waals surface area contributed by atoms with E-state index in [0.717, 1.165) is 17.9 Å². The van der Waals surface area contributed by atoms with E-state index in [-0.39, 0.29) is 5.91 Å². The van der Waals surface area contributed by atoms with Crippen molar-refractivity contribution in [3.05, 3.63) is 65.5 Å². The number of nitrogens with one attached hydrogen (secondary N) is 1. The zero-order valence-corrected chi connectivity index (χ0v) is 13.4. The Bertz CT molecular complexity index is 642. The number of carbonyl (C=O) groups is 1. The van der Waals surface area contributed by atoms with Crippen molar-refractivity contribution in [1.82, 2.24) is 10.2 Å². The molecule has 0 aliphatic carbocycles. The molecule has 1 amide bonds. The van der Waals surface area contributed by atoms with Gasteiger partial charge in [-0.3, -0.25) is 4.79 Å². The molecule has 0 saturated carbocycles. The first-order valence-electron chi connectivity index (χ1n) is 7.45. The molecule has 0 radical (unpaired) electrons. The topological polar surface area (TPSA) is 41.6 Å². The molecule has 23 heavy (non-hydrogen) atoms. The first-order valence-corrected chi connectivity index (χ1v) is 7.45. The van der Waals surface area contributed by atoms with E-state index >= 15 is 0 Å². The molecule has 0 heterocycles. The van der Waals surface area contributed by atoms with Crippen LogP contribution in [-0.2, 0) is 6.54 Å². The lowest BCUT2D eigenvalue weighted by molar-refractivity contribution is 0.0950. The number of carbonyl (C=O) groups excluding carboxylic acids is 1. The van der Waals surface area contributed by atoms with Gasteiger partial charge in [0, 0.05) is 18.7 Å². The third-order valence-corrected chi connectivity index (χ3v) is 3.27. The van der Waals surface area contributed by atoms with Gasteiger partial charge in [0.25, 0.3) is 5.91 Å². The SMILES string of the molecule is CN(C)CCOc1ccc(CNC(=O)c2cccc(F)c2)cc1. The quantitative estimate of drug-likeness (QED) is 0.854. The number of hydrogen-bond acceptors (Lipinski definition) is 3. The number of halogens is 1. The maximum absolute atomic E-state index is 13.1. The summed E-state index contributed by atoms with van der Waals surface area (Å²) in [5, 5.41) is 2.77. The van der Waals surface area contributed by atoms with E-state index in [1.807, 2.05) is 38.4 Å². The lowest BCUT2D eigenvalue weighted by Gasteiger charge is -2.11. The Kier molecular flexibility index (Phi) is 6.11. The highest BCUT2D eigenvalue weighted by molar-refractivity contribution is 5.94. The summed E-state index contributed by atoms with van der Waals surface area (Å²) in [6.07, 6.45) is 0. The first kappa shape index (κ1) is 17.0. The number of ether oxygens (including phenoxy) is 1. The van der Waals surface area contributed by atoms with Gasteiger partial charge in [-0.15, -0.1) is 0 Å². The van der Waals surface area contributed by atoms with Crippen molar-refractivity contribution in [2.75, 3.05) is 27.2 Å². The van der Waals surface area contributed by atoms with E-state index in [2.05, 4.69) is 10.2 Å². The van der Waals surface area contributed by atoms with Crippen molar-refractivity contribution >= 4 is 5.91 Å². The summed E-state index contributed by atoms with van der Waals surface area (Å²) < 4.78 is 18.7. The van der Waals surface area contributed by atoms with Crippen molar-refractivity contribution in [3.8, 4) is 5.75 Å². The summed E-state index contributed by atoms with van der Waals surface area (Å²) in [6, 6.07) is 13.2. The largest absolute Gasteiger partial charge is 0.492 e. The molecule has 0 aliphatic rings. The van der Waals surface area contributed by atoms with Gasteiger partial charge in [0.1, 0.15) is 18.2 Å². The van der Waals surface area contributed by atoms with Gasteiger partial charge in [0.05, 0.1) is 0 Å². The third-order valence-electron chi connectivity index (χ3n) is 3.27. The summed E-state index contributed by atoms with van der Waals surface area (Å²) in [5.74, 6) is 0.0831. The maximum Gasteiger partial charge on any atom is 0.251 e. The molecule has 0 aromatic heterocycles. The lowest BCUT2D eigenvalue weighted by Crippen LogP contribution is -2.22. The van der Waals surface area contributed by atoms with Gasteiger partial charge in [0.2, 0.25) is 0 Å². The van der Waals surface area contributed by atoms with Crippen LogP contribution < -0.4 is 10.1 Å². The zero-order chi connectivity index (χ0) is 16.7. The van der Waals surface area contributed by atoms with Crippen molar-refractivity contribution in [3.63, 3.8) is 0 Å². The van der Waals surface area contributed by atoms with E-state index in [1.165, 1.54) is 18.2 Å². The van der Waals surface area contributed by atoms with Crippen LogP contribution in [-0.4, -0.2) is 38.1 Å². The Hall–Kier alpha value is -2.40. The number of benzene rings is 2. The molecular formula is C18H21FN2O2. The Morgan fingerprint density at radius 3 is 2.57 bits per heavy atom. The van der Waals surface area contributed by atoms with E-state index in [0.29, 0.717) is 18.7 Å². The van der Waals surface area contributed by atoms with E-state index in [9.17, 15) is 9.18 Å². The Labute approximate surface area is 135 Å². The number of nitrogens with zero attached hydrogens (tertiary/aromatic N) is 1. The van der Waals surface area contributed by atoms with Crippen LogP contribution in [0.4, 0.5) is 4.39 Å². The van der Waals surface area contributed by atoms with E-state index in [4.69, 9.17) is 4.74 Å². The van der Waals surface area contributed by atoms with Gasteiger partial charge in [-0.25, -0.2) is 4.39 Å². The average molecular weight is 316 g/mol. The molecule has 5 heteroatoms. The molecule has 122 valence electrons. The minimum atomic E-state index is -0.420. The van der Waals surface area contributed by atoms with Crippen LogP contribution in [0.3, 0.4) is 0 Å². The number of rotatable bonds is 7. The molecule has 2 aromatic rings. The number of hydrogen-bond donors (Lipinski definition) is 1. The van der Waals surface area contributed by atoms with Crippen LogP contribution in [0.2, 0.25) is 0 Å². The Balaban J connectivity index is 1.83. The second-order valence-corrected chi connectivity index (χ2v) is 5.49. The average Bonchev–Trinajstić information content (AvgIpc) is 2.53. The van der Waals surface area contributed by atoms with E-state index in [1.54, 1.807) is 6.07 Å². The van der Waals surface area contributed by atoms with Crippen LogP contribution in [0.1, 0.15) is 15.9 Å². The molecule has 1 N–H and O–H groups in total. The highest BCUT2D eigenvalue weighted by atomic mass is 19.1. The Morgan fingerprint density at radius 1 is 1.17 bits per heavy atom. The molecule has 2 aromatic carbocycles. The van der Waals surface area contributed by atoms with Gasteiger partial charge in [0.15, 0.2) is 0 Å². The fourth-order valence-corrected chi connectivity index (χ4v) is 1.96. The lowest BCUT2D eigenvalue weighted by atomic mass is 10.2. The zero-order valence-electron chi connectivity index (χ0n) is 13.4. The van der Waals surface area contributed by atoms with Gasteiger partial charge in [-0.2, -0.15) is 0 Å².